The van der Waals surface area contributed by atoms with Crippen molar-refractivity contribution >= 4 is 5.95 Å². The Hall–Kier alpha value is -1.16. The second kappa shape index (κ2) is 6.14. The van der Waals surface area contributed by atoms with Crippen LogP contribution in [0.2, 0.25) is 0 Å². The quantitative estimate of drug-likeness (QED) is 0.883. The molecule has 0 spiro atoms. The summed E-state index contributed by atoms with van der Waals surface area (Å²) < 4.78 is 0. The van der Waals surface area contributed by atoms with Crippen LogP contribution in [0.3, 0.4) is 0 Å². The lowest BCUT2D eigenvalue weighted by molar-refractivity contribution is 0.310. The van der Waals surface area contributed by atoms with E-state index in [-0.39, 0.29) is 0 Å². The molecule has 1 aliphatic heterocycles. The molecule has 2 heterocycles. The minimum absolute atomic E-state index is 0.655. The Morgan fingerprint density at radius 3 is 2.39 bits per heavy atom. The number of nitrogens with two attached hydrogens (primary N) is 1. The van der Waals surface area contributed by atoms with E-state index in [1.807, 2.05) is 12.4 Å². The van der Waals surface area contributed by atoms with Crippen LogP contribution in [0.1, 0.15) is 32.3 Å². The zero-order valence-electron chi connectivity index (χ0n) is 11.5. The average molecular weight is 248 g/mol. The van der Waals surface area contributed by atoms with E-state index in [2.05, 4.69) is 28.7 Å². The number of hydrogen-bond donors (Lipinski definition) is 1. The summed E-state index contributed by atoms with van der Waals surface area (Å²) in [7, 11) is 0. The van der Waals surface area contributed by atoms with Crippen molar-refractivity contribution in [2.24, 2.45) is 17.6 Å². The van der Waals surface area contributed by atoms with Gasteiger partial charge in [-0.05, 0) is 43.2 Å². The van der Waals surface area contributed by atoms with E-state index < -0.39 is 0 Å². The fourth-order valence-corrected chi connectivity index (χ4v) is 2.57. The second-order valence-corrected chi connectivity index (χ2v) is 5.50. The first-order chi connectivity index (χ1) is 8.70. The third-order valence-corrected chi connectivity index (χ3v) is 3.89. The smallest absolute Gasteiger partial charge is 0.225 e. The van der Waals surface area contributed by atoms with Gasteiger partial charge < -0.3 is 10.6 Å². The van der Waals surface area contributed by atoms with Crippen molar-refractivity contribution in [2.75, 3.05) is 24.5 Å². The summed E-state index contributed by atoms with van der Waals surface area (Å²) in [6.45, 7) is 7.46. The van der Waals surface area contributed by atoms with Gasteiger partial charge in [0.2, 0.25) is 5.95 Å². The van der Waals surface area contributed by atoms with Gasteiger partial charge in [-0.2, -0.15) is 0 Å². The number of anilines is 1. The fraction of sp³-hybridized carbons (Fsp3) is 0.714. The predicted molar refractivity (Wildman–Crippen MR) is 74.6 cm³/mol. The molecule has 1 aliphatic rings. The van der Waals surface area contributed by atoms with E-state index in [0.717, 1.165) is 42.9 Å². The summed E-state index contributed by atoms with van der Waals surface area (Å²) >= 11 is 0. The van der Waals surface area contributed by atoms with Crippen LogP contribution in [0.15, 0.2) is 12.4 Å². The molecule has 0 aromatic carbocycles. The Morgan fingerprint density at radius 2 is 1.89 bits per heavy atom. The number of aromatic nitrogens is 2. The predicted octanol–water partition coefficient (Wildman–Crippen LogP) is 1.85. The highest BCUT2D eigenvalue weighted by molar-refractivity contribution is 5.30. The van der Waals surface area contributed by atoms with E-state index in [1.165, 1.54) is 12.8 Å². The van der Waals surface area contributed by atoms with Crippen molar-refractivity contribution in [2.45, 2.75) is 33.1 Å². The first kappa shape index (κ1) is 13.3. The van der Waals surface area contributed by atoms with Gasteiger partial charge in [0.15, 0.2) is 0 Å². The molecule has 1 aromatic heterocycles. The van der Waals surface area contributed by atoms with Crippen molar-refractivity contribution < 1.29 is 0 Å². The van der Waals surface area contributed by atoms with Crippen molar-refractivity contribution in [1.29, 1.82) is 0 Å². The zero-order valence-corrected chi connectivity index (χ0v) is 11.5. The molecule has 0 saturated carbocycles. The van der Waals surface area contributed by atoms with Crippen molar-refractivity contribution in [3.8, 4) is 0 Å². The van der Waals surface area contributed by atoms with E-state index >= 15 is 0 Å². The molecule has 1 saturated heterocycles. The topological polar surface area (TPSA) is 55.0 Å². The van der Waals surface area contributed by atoms with Gasteiger partial charge in [0.1, 0.15) is 0 Å². The molecule has 1 fully saturated rings. The summed E-state index contributed by atoms with van der Waals surface area (Å²) in [6, 6.07) is 0. The highest BCUT2D eigenvalue weighted by Gasteiger charge is 2.22. The van der Waals surface area contributed by atoms with E-state index in [9.17, 15) is 0 Å². The van der Waals surface area contributed by atoms with Gasteiger partial charge in [0.05, 0.1) is 0 Å². The van der Waals surface area contributed by atoms with Gasteiger partial charge in [-0.15, -0.1) is 0 Å². The molecule has 0 amide bonds. The molecule has 1 aromatic rings. The number of nitrogens with zero attached hydrogens (tertiary/aromatic N) is 3. The summed E-state index contributed by atoms with van der Waals surface area (Å²) in [5.41, 5.74) is 6.64. The summed E-state index contributed by atoms with van der Waals surface area (Å²) in [6.07, 6.45) is 7.18. The molecular weight excluding hydrogens is 224 g/mol. The molecule has 4 heteroatoms. The van der Waals surface area contributed by atoms with Crippen LogP contribution >= 0.6 is 0 Å². The maximum atomic E-state index is 5.52. The molecule has 0 atom stereocenters. The minimum atomic E-state index is 0.655. The van der Waals surface area contributed by atoms with Gasteiger partial charge in [-0.1, -0.05) is 13.8 Å². The van der Waals surface area contributed by atoms with Crippen LogP contribution in [0.4, 0.5) is 5.95 Å². The molecule has 0 radical (unpaired) electrons. The van der Waals surface area contributed by atoms with Crippen LogP contribution in [0, 0.1) is 11.8 Å². The van der Waals surface area contributed by atoms with Crippen molar-refractivity contribution in [1.82, 2.24) is 9.97 Å². The Kier molecular flexibility index (Phi) is 4.53. The second-order valence-electron chi connectivity index (χ2n) is 5.50. The summed E-state index contributed by atoms with van der Waals surface area (Å²) in [5, 5.41) is 0. The normalized spacial score (nSPS) is 17.4. The Morgan fingerprint density at radius 1 is 1.28 bits per heavy atom. The van der Waals surface area contributed by atoms with E-state index in [1.54, 1.807) is 0 Å². The van der Waals surface area contributed by atoms with Crippen LogP contribution in [-0.2, 0) is 6.42 Å². The van der Waals surface area contributed by atoms with Crippen molar-refractivity contribution in [3.05, 3.63) is 18.0 Å². The standard InChI is InChI=1S/C14H24N4/c1-11(2)13-4-7-18(8-5-13)14-16-9-12(3-6-15)10-17-14/h9-11,13H,3-8,15H2,1-2H3. The molecule has 100 valence electrons. The molecule has 18 heavy (non-hydrogen) atoms. The summed E-state index contributed by atoms with van der Waals surface area (Å²) in [5.74, 6) is 2.52. The van der Waals surface area contributed by atoms with Crippen LogP contribution < -0.4 is 10.6 Å². The molecule has 4 nitrogen and oxygen atoms in total. The zero-order chi connectivity index (χ0) is 13.0. The average Bonchev–Trinajstić information content (AvgIpc) is 2.40. The molecule has 2 N–H and O–H groups in total. The number of piperidine rings is 1. The molecular formula is C14H24N4. The van der Waals surface area contributed by atoms with Crippen LogP contribution in [-0.4, -0.2) is 29.6 Å². The number of hydrogen-bond acceptors (Lipinski definition) is 4. The largest absolute Gasteiger partial charge is 0.341 e. The SMILES string of the molecule is CC(C)C1CCN(c2ncc(CCN)cn2)CC1. The Labute approximate surface area is 110 Å². The van der Waals surface area contributed by atoms with E-state index in [4.69, 9.17) is 5.73 Å². The molecule has 0 bridgehead atoms. The Bertz CT molecular complexity index is 353. The first-order valence-electron chi connectivity index (χ1n) is 6.96. The lowest BCUT2D eigenvalue weighted by Crippen LogP contribution is -2.36. The minimum Gasteiger partial charge on any atom is -0.341 e. The Balaban J connectivity index is 1.93. The van der Waals surface area contributed by atoms with Gasteiger partial charge in [-0.3, -0.25) is 0 Å². The van der Waals surface area contributed by atoms with Crippen LogP contribution in [0.25, 0.3) is 0 Å². The van der Waals surface area contributed by atoms with E-state index in [0.29, 0.717) is 6.54 Å². The maximum absolute atomic E-state index is 5.52. The lowest BCUT2D eigenvalue weighted by atomic mass is 9.87. The first-order valence-corrected chi connectivity index (χ1v) is 6.96. The van der Waals surface area contributed by atoms with Gasteiger partial charge >= 0.3 is 0 Å². The third-order valence-electron chi connectivity index (χ3n) is 3.89. The van der Waals surface area contributed by atoms with Gasteiger partial charge in [0.25, 0.3) is 0 Å². The maximum Gasteiger partial charge on any atom is 0.225 e. The number of rotatable bonds is 4. The molecule has 2 rings (SSSR count). The highest BCUT2D eigenvalue weighted by atomic mass is 15.2. The van der Waals surface area contributed by atoms with Crippen LogP contribution in [0.5, 0.6) is 0 Å². The molecule has 0 unspecified atom stereocenters. The van der Waals surface area contributed by atoms with Gasteiger partial charge in [-0.25, -0.2) is 9.97 Å². The van der Waals surface area contributed by atoms with Gasteiger partial charge in [0, 0.05) is 25.5 Å². The third kappa shape index (κ3) is 3.19. The van der Waals surface area contributed by atoms with Crippen molar-refractivity contribution in [3.63, 3.8) is 0 Å². The lowest BCUT2D eigenvalue weighted by Gasteiger charge is -2.33. The molecule has 0 aliphatic carbocycles. The highest BCUT2D eigenvalue weighted by Crippen LogP contribution is 2.26. The summed E-state index contributed by atoms with van der Waals surface area (Å²) in [4.78, 5) is 11.2. The fourth-order valence-electron chi connectivity index (χ4n) is 2.57. The monoisotopic (exact) mass is 248 g/mol.